The first kappa shape index (κ1) is 15.6. The van der Waals surface area contributed by atoms with Gasteiger partial charge in [0, 0.05) is 34.5 Å². The van der Waals surface area contributed by atoms with E-state index >= 15 is 0 Å². The van der Waals surface area contributed by atoms with Gasteiger partial charge >= 0.3 is 0 Å². The second-order valence-corrected chi connectivity index (χ2v) is 6.36. The van der Waals surface area contributed by atoms with Crippen LogP contribution in [0.25, 0.3) is 11.6 Å². The molecule has 3 aromatic rings. The Balaban J connectivity index is 1.59. The Morgan fingerprint density at radius 1 is 0.960 bits per heavy atom. The molecule has 2 aromatic carbocycles. The Morgan fingerprint density at radius 2 is 1.68 bits per heavy atom. The van der Waals surface area contributed by atoms with Gasteiger partial charge in [-0.05, 0) is 23.8 Å². The number of nitrogens with one attached hydrogen (secondary N) is 1. The average molecular weight is 348 g/mol. The molecule has 0 saturated heterocycles. The number of carbonyl (C=O) groups excluding carboxylic acids is 1. The molecule has 4 heteroatoms. The standard InChI is InChI=1S/C21H15ClN2O/c22-19-7-3-1-5-16(19)14-24-11-9-15(10-12-24)13-18-17-6-2-4-8-20(17)23-21(18)25/h1-13H,14H2/p+1. The molecule has 1 aliphatic rings. The van der Waals surface area contributed by atoms with Crippen molar-refractivity contribution in [3.8, 4) is 0 Å². The topological polar surface area (TPSA) is 33.0 Å². The van der Waals surface area contributed by atoms with Gasteiger partial charge in [0.25, 0.3) is 5.91 Å². The highest BCUT2D eigenvalue weighted by Crippen LogP contribution is 2.32. The van der Waals surface area contributed by atoms with Gasteiger partial charge in [0.15, 0.2) is 18.9 Å². The summed E-state index contributed by atoms with van der Waals surface area (Å²) in [6.07, 6.45) is 5.91. The quantitative estimate of drug-likeness (QED) is 0.560. The number of hydrogen-bond acceptors (Lipinski definition) is 1. The molecular formula is C21H16ClN2O+. The van der Waals surface area contributed by atoms with Crippen LogP contribution in [-0.2, 0) is 11.3 Å². The SMILES string of the molecule is O=C1Nc2ccccc2/C1=C\c1cc[n+](Cc2ccccc2Cl)cc1. The number of halogens is 1. The Labute approximate surface area is 151 Å². The molecule has 122 valence electrons. The maximum Gasteiger partial charge on any atom is 0.256 e. The molecule has 0 spiro atoms. The fourth-order valence-corrected chi connectivity index (χ4v) is 3.14. The molecule has 1 N–H and O–H groups in total. The lowest BCUT2D eigenvalue weighted by Crippen LogP contribution is -2.33. The third-order valence-electron chi connectivity index (χ3n) is 4.25. The molecule has 2 heterocycles. The van der Waals surface area contributed by atoms with Crippen molar-refractivity contribution in [2.45, 2.75) is 6.54 Å². The van der Waals surface area contributed by atoms with Gasteiger partial charge in [0.2, 0.25) is 0 Å². The van der Waals surface area contributed by atoms with E-state index in [1.54, 1.807) is 0 Å². The summed E-state index contributed by atoms with van der Waals surface area (Å²) in [6.45, 7) is 0.708. The van der Waals surface area contributed by atoms with E-state index in [4.69, 9.17) is 11.6 Å². The van der Waals surface area contributed by atoms with Crippen molar-refractivity contribution in [2.24, 2.45) is 0 Å². The van der Waals surface area contributed by atoms with E-state index in [1.165, 1.54) is 0 Å². The highest BCUT2D eigenvalue weighted by atomic mass is 35.5. The minimum atomic E-state index is -0.0611. The largest absolute Gasteiger partial charge is 0.321 e. The summed E-state index contributed by atoms with van der Waals surface area (Å²) >= 11 is 6.22. The number of benzene rings is 2. The van der Waals surface area contributed by atoms with Gasteiger partial charge in [0.05, 0.1) is 5.02 Å². The Kier molecular flexibility index (Phi) is 4.08. The molecule has 0 unspecified atom stereocenters. The minimum Gasteiger partial charge on any atom is -0.321 e. The van der Waals surface area contributed by atoms with Gasteiger partial charge in [-0.15, -0.1) is 0 Å². The highest BCUT2D eigenvalue weighted by Gasteiger charge is 2.23. The lowest BCUT2D eigenvalue weighted by molar-refractivity contribution is -0.688. The number of para-hydroxylation sites is 1. The van der Waals surface area contributed by atoms with E-state index in [2.05, 4.69) is 9.88 Å². The maximum absolute atomic E-state index is 12.2. The van der Waals surface area contributed by atoms with E-state index in [-0.39, 0.29) is 5.91 Å². The molecular weight excluding hydrogens is 332 g/mol. The summed E-state index contributed by atoms with van der Waals surface area (Å²) in [7, 11) is 0. The second-order valence-electron chi connectivity index (χ2n) is 5.95. The second kappa shape index (κ2) is 6.54. The monoisotopic (exact) mass is 347 g/mol. The summed E-state index contributed by atoms with van der Waals surface area (Å²) < 4.78 is 2.06. The number of carbonyl (C=O) groups is 1. The van der Waals surface area contributed by atoms with Crippen LogP contribution in [-0.4, -0.2) is 5.91 Å². The molecule has 0 fully saturated rings. The average Bonchev–Trinajstić information content (AvgIpc) is 2.94. The smallest absolute Gasteiger partial charge is 0.256 e. The van der Waals surface area contributed by atoms with Gasteiger partial charge in [-0.25, -0.2) is 4.57 Å². The van der Waals surface area contributed by atoms with Gasteiger partial charge in [-0.1, -0.05) is 48.0 Å². The third kappa shape index (κ3) is 3.19. The Morgan fingerprint density at radius 3 is 2.48 bits per heavy atom. The summed E-state index contributed by atoms with van der Waals surface area (Å²) in [6, 6.07) is 19.6. The lowest BCUT2D eigenvalue weighted by Gasteiger charge is -2.01. The third-order valence-corrected chi connectivity index (χ3v) is 4.62. The van der Waals surface area contributed by atoms with Crippen molar-refractivity contribution < 1.29 is 9.36 Å². The van der Waals surface area contributed by atoms with E-state index in [9.17, 15) is 4.79 Å². The van der Waals surface area contributed by atoms with E-state index < -0.39 is 0 Å². The number of anilines is 1. The van der Waals surface area contributed by atoms with E-state index in [0.717, 1.165) is 27.4 Å². The van der Waals surface area contributed by atoms with Crippen LogP contribution in [0, 0.1) is 0 Å². The number of rotatable bonds is 3. The number of hydrogen-bond donors (Lipinski definition) is 1. The van der Waals surface area contributed by atoms with Crippen LogP contribution in [0.5, 0.6) is 0 Å². The summed E-state index contributed by atoms with van der Waals surface area (Å²) in [5.41, 5.74) is 4.56. The van der Waals surface area contributed by atoms with Crippen LogP contribution in [0.3, 0.4) is 0 Å². The Hall–Kier alpha value is -2.91. The molecule has 1 aliphatic heterocycles. The van der Waals surface area contributed by atoms with Crippen LogP contribution in [0.2, 0.25) is 5.02 Å². The first-order chi connectivity index (χ1) is 12.2. The zero-order valence-corrected chi connectivity index (χ0v) is 14.2. The van der Waals surface area contributed by atoms with Gasteiger partial charge in [-0.2, -0.15) is 0 Å². The van der Waals surface area contributed by atoms with Crippen molar-refractivity contribution in [2.75, 3.05) is 5.32 Å². The van der Waals surface area contributed by atoms with E-state index in [0.29, 0.717) is 12.1 Å². The van der Waals surface area contributed by atoms with Gasteiger partial charge in [0.1, 0.15) is 0 Å². The number of nitrogens with zero attached hydrogens (tertiary/aromatic N) is 1. The first-order valence-corrected chi connectivity index (χ1v) is 8.43. The van der Waals surface area contributed by atoms with Gasteiger partial charge < -0.3 is 5.32 Å². The molecule has 0 aliphatic carbocycles. The fourth-order valence-electron chi connectivity index (χ4n) is 2.94. The molecule has 3 nitrogen and oxygen atoms in total. The number of pyridine rings is 1. The van der Waals surface area contributed by atoms with Crippen molar-refractivity contribution in [3.63, 3.8) is 0 Å². The van der Waals surface area contributed by atoms with Crippen molar-refractivity contribution in [1.29, 1.82) is 0 Å². The predicted octanol–water partition coefficient (Wildman–Crippen LogP) is 4.17. The summed E-state index contributed by atoms with van der Waals surface area (Å²) in [5, 5.41) is 3.66. The number of fused-ring (bicyclic) bond motifs is 1. The van der Waals surface area contributed by atoms with Crippen molar-refractivity contribution in [1.82, 2.24) is 0 Å². The fraction of sp³-hybridized carbons (Fsp3) is 0.0476. The van der Waals surface area contributed by atoms with Crippen LogP contribution in [0.4, 0.5) is 5.69 Å². The van der Waals surface area contributed by atoms with Crippen molar-refractivity contribution >= 4 is 34.8 Å². The van der Waals surface area contributed by atoms with Gasteiger partial charge in [-0.3, -0.25) is 4.79 Å². The molecule has 0 saturated carbocycles. The highest BCUT2D eigenvalue weighted by molar-refractivity contribution is 6.34. The maximum atomic E-state index is 12.2. The van der Waals surface area contributed by atoms with E-state index in [1.807, 2.05) is 79.1 Å². The van der Waals surface area contributed by atoms with Crippen molar-refractivity contribution in [3.05, 3.63) is 94.8 Å². The summed E-state index contributed by atoms with van der Waals surface area (Å²) in [5.74, 6) is -0.0611. The molecule has 0 bridgehead atoms. The Bertz CT molecular complexity index is 977. The molecule has 1 aromatic heterocycles. The van der Waals surface area contributed by atoms with Crippen LogP contribution in [0.15, 0.2) is 73.1 Å². The molecule has 0 radical (unpaired) electrons. The number of aromatic nitrogens is 1. The number of amides is 1. The van der Waals surface area contributed by atoms with Crippen LogP contribution >= 0.6 is 11.6 Å². The zero-order chi connectivity index (χ0) is 17.2. The normalized spacial score (nSPS) is 14.4. The zero-order valence-electron chi connectivity index (χ0n) is 13.4. The summed E-state index contributed by atoms with van der Waals surface area (Å²) in [4.78, 5) is 12.2. The molecule has 25 heavy (non-hydrogen) atoms. The predicted molar refractivity (Wildman–Crippen MR) is 100 cm³/mol. The minimum absolute atomic E-state index is 0.0611. The molecule has 0 atom stereocenters. The van der Waals surface area contributed by atoms with Crippen LogP contribution in [0.1, 0.15) is 16.7 Å². The molecule has 4 rings (SSSR count). The first-order valence-electron chi connectivity index (χ1n) is 8.06. The molecule has 1 amide bonds. The lowest BCUT2D eigenvalue weighted by atomic mass is 10.0. The van der Waals surface area contributed by atoms with Crippen LogP contribution < -0.4 is 9.88 Å².